The van der Waals surface area contributed by atoms with Crippen molar-refractivity contribution in [1.29, 1.82) is 0 Å². The number of amides is 1. The molecule has 1 rings (SSSR count). The van der Waals surface area contributed by atoms with Crippen LogP contribution in [0.15, 0.2) is 17.2 Å². The summed E-state index contributed by atoms with van der Waals surface area (Å²) in [7, 11) is -3.35. The van der Waals surface area contributed by atoms with E-state index in [1.54, 1.807) is 4.72 Å². The third kappa shape index (κ3) is 4.29. The Hall–Kier alpha value is -1.39. The second-order valence-corrected chi connectivity index (χ2v) is 5.90. The van der Waals surface area contributed by atoms with Crippen LogP contribution in [0, 0.1) is 0 Å². The topological polar surface area (TPSA) is 85.4 Å². The first-order chi connectivity index (χ1) is 9.49. The lowest BCUT2D eigenvalue weighted by Gasteiger charge is -2.13. The molecule has 0 aromatic carbocycles. The van der Waals surface area contributed by atoms with Crippen molar-refractivity contribution in [3.63, 3.8) is 0 Å². The summed E-state index contributed by atoms with van der Waals surface area (Å²) in [5.41, 5.74) is -1.42. The van der Waals surface area contributed by atoms with Gasteiger partial charge in [0, 0.05) is 13.3 Å². The first kappa shape index (κ1) is 17.7. The monoisotopic (exact) mass is 346 g/mol. The van der Waals surface area contributed by atoms with E-state index in [4.69, 9.17) is 11.6 Å². The summed E-state index contributed by atoms with van der Waals surface area (Å²) in [6.45, 7) is 1.27. The molecular formula is C10H10ClF3N2O4S. The molecule has 0 aliphatic heterocycles. The van der Waals surface area contributed by atoms with Crippen molar-refractivity contribution < 1.29 is 31.1 Å². The second-order valence-electron chi connectivity index (χ2n) is 3.85. The number of pyridine rings is 1. The van der Waals surface area contributed by atoms with Crippen LogP contribution in [0.25, 0.3) is 0 Å². The lowest BCUT2D eigenvalue weighted by Crippen LogP contribution is -2.38. The maximum absolute atomic E-state index is 12.6. The molecule has 1 heterocycles. The number of hydrogen-bond acceptors (Lipinski definition) is 5. The minimum atomic E-state index is -4.88. The van der Waals surface area contributed by atoms with E-state index < -0.39 is 43.8 Å². The zero-order valence-corrected chi connectivity index (χ0v) is 12.3. The van der Waals surface area contributed by atoms with Gasteiger partial charge in [-0.15, -0.1) is 0 Å². The van der Waals surface area contributed by atoms with Crippen molar-refractivity contribution in [2.75, 3.05) is 7.11 Å². The Morgan fingerprint density at radius 1 is 1.48 bits per heavy atom. The SMILES string of the molecule is COC(C)C(=O)NS(=O)(=O)c1cnc(Cl)c(C(F)(F)F)c1. The molecule has 21 heavy (non-hydrogen) atoms. The van der Waals surface area contributed by atoms with Gasteiger partial charge in [0.25, 0.3) is 15.9 Å². The fraction of sp³-hybridized carbons (Fsp3) is 0.400. The minimum absolute atomic E-state index is 0.294. The molecule has 1 aromatic rings. The van der Waals surface area contributed by atoms with Crippen molar-refractivity contribution in [3.05, 3.63) is 23.0 Å². The number of methoxy groups -OCH3 is 1. The number of carbonyl (C=O) groups excluding carboxylic acids is 1. The van der Waals surface area contributed by atoms with E-state index in [0.717, 1.165) is 0 Å². The van der Waals surface area contributed by atoms with Gasteiger partial charge in [0.2, 0.25) is 0 Å². The van der Waals surface area contributed by atoms with Crippen molar-refractivity contribution in [1.82, 2.24) is 9.71 Å². The number of nitrogens with zero attached hydrogens (tertiary/aromatic N) is 1. The fourth-order valence-electron chi connectivity index (χ4n) is 1.16. The summed E-state index contributed by atoms with van der Waals surface area (Å²) in [5, 5.41) is -0.891. The van der Waals surface area contributed by atoms with E-state index >= 15 is 0 Å². The Morgan fingerprint density at radius 3 is 2.52 bits per heavy atom. The van der Waals surface area contributed by atoms with Crippen molar-refractivity contribution in [2.24, 2.45) is 0 Å². The van der Waals surface area contributed by atoms with Crippen LogP contribution in [0.4, 0.5) is 13.2 Å². The van der Waals surface area contributed by atoms with Gasteiger partial charge in [0.15, 0.2) is 0 Å². The highest BCUT2D eigenvalue weighted by atomic mass is 35.5. The van der Waals surface area contributed by atoms with E-state index in [9.17, 15) is 26.4 Å². The van der Waals surface area contributed by atoms with E-state index in [1.165, 1.54) is 14.0 Å². The maximum Gasteiger partial charge on any atom is 0.419 e. The highest BCUT2D eigenvalue weighted by Gasteiger charge is 2.35. The molecule has 0 saturated carbocycles. The number of nitrogens with one attached hydrogen (secondary N) is 1. The van der Waals surface area contributed by atoms with E-state index in [0.29, 0.717) is 12.3 Å². The zero-order valence-electron chi connectivity index (χ0n) is 10.7. The van der Waals surface area contributed by atoms with Crippen LogP contribution in [-0.2, 0) is 25.7 Å². The predicted octanol–water partition coefficient (Wildman–Crippen LogP) is 1.59. The average molecular weight is 347 g/mol. The van der Waals surface area contributed by atoms with Crippen LogP contribution >= 0.6 is 11.6 Å². The van der Waals surface area contributed by atoms with Gasteiger partial charge in [-0.3, -0.25) is 4.79 Å². The molecule has 118 valence electrons. The molecule has 6 nitrogen and oxygen atoms in total. The van der Waals surface area contributed by atoms with E-state index in [1.807, 2.05) is 0 Å². The average Bonchev–Trinajstić information content (AvgIpc) is 2.35. The Kier molecular flexibility index (Phi) is 5.18. The Morgan fingerprint density at radius 2 is 2.05 bits per heavy atom. The number of hydrogen-bond donors (Lipinski definition) is 1. The van der Waals surface area contributed by atoms with Crippen LogP contribution < -0.4 is 4.72 Å². The van der Waals surface area contributed by atoms with Crippen LogP contribution in [0.3, 0.4) is 0 Å². The Balaban J connectivity index is 3.19. The Labute approximate surface area is 123 Å². The van der Waals surface area contributed by atoms with Crippen molar-refractivity contribution in [3.8, 4) is 0 Å². The maximum atomic E-state index is 12.6. The smallest absolute Gasteiger partial charge is 0.372 e. The molecule has 1 N–H and O–H groups in total. The summed E-state index contributed by atoms with van der Waals surface area (Å²) in [4.78, 5) is 13.8. The van der Waals surface area contributed by atoms with Crippen LogP contribution in [0.5, 0.6) is 0 Å². The van der Waals surface area contributed by atoms with Gasteiger partial charge in [0.05, 0.1) is 5.56 Å². The molecule has 0 aliphatic carbocycles. The van der Waals surface area contributed by atoms with Crippen LogP contribution in [-0.4, -0.2) is 32.5 Å². The molecular weight excluding hydrogens is 337 g/mol. The highest BCUT2D eigenvalue weighted by Crippen LogP contribution is 2.34. The molecule has 1 unspecified atom stereocenters. The van der Waals surface area contributed by atoms with Crippen LogP contribution in [0.2, 0.25) is 5.15 Å². The highest BCUT2D eigenvalue weighted by molar-refractivity contribution is 7.90. The first-order valence-corrected chi connectivity index (χ1v) is 7.17. The molecule has 0 radical (unpaired) electrons. The van der Waals surface area contributed by atoms with Gasteiger partial charge >= 0.3 is 6.18 Å². The van der Waals surface area contributed by atoms with E-state index in [2.05, 4.69) is 9.72 Å². The first-order valence-electron chi connectivity index (χ1n) is 5.31. The molecule has 0 saturated heterocycles. The van der Waals surface area contributed by atoms with Gasteiger partial charge < -0.3 is 4.74 Å². The summed E-state index contributed by atoms with van der Waals surface area (Å²) in [6.07, 6.45) is -5.36. The van der Waals surface area contributed by atoms with Gasteiger partial charge in [-0.25, -0.2) is 18.1 Å². The molecule has 1 aromatic heterocycles. The Bertz CT molecular complexity index is 648. The van der Waals surface area contributed by atoms with Crippen LogP contribution in [0.1, 0.15) is 12.5 Å². The van der Waals surface area contributed by atoms with Crippen molar-refractivity contribution >= 4 is 27.5 Å². The summed E-state index contributed by atoms with van der Waals surface area (Å²) in [6, 6.07) is 0.294. The molecule has 0 fully saturated rings. The van der Waals surface area contributed by atoms with Gasteiger partial charge in [0.1, 0.15) is 16.2 Å². The lowest BCUT2D eigenvalue weighted by atomic mass is 10.3. The molecule has 0 aliphatic rings. The minimum Gasteiger partial charge on any atom is -0.372 e. The van der Waals surface area contributed by atoms with Crippen molar-refractivity contribution in [2.45, 2.75) is 24.1 Å². The van der Waals surface area contributed by atoms with Gasteiger partial charge in [-0.2, -0.15) is 13.2 Å². The number of aromatic nitrogens is 1. The number of sulfonamides is 1. The fourth-order valence-corrected chi connectivity index (χ4v) is 2.38. The molecule has 1 atom stereocenters. The number of ether oxygens (including phenoxy) is 1. The third-order valence-corrected chi connectivity index (χ3v) is 4.00. The third-order valence-electron chi connectivity index (χ3n) is 2.39. The molecule has 11 heteroatoms. The molecule has 0 bridgehead atoms. The summed E-state index contributed by atoms with van der Waals surface area (Å²) in [5.74, 6) is -1.03. The second kappa shape index (κ2) is 6.16. The largest absolute Gasteiger partial charge is 0.419 e. The zero-order chi connectivity index (χ0) is 16.4. The molecule has 0 spiro atoms. The number of halogens is 4. The number of alkyl halides is 3. The molecule has 1 amide bonds. The number of rotatable bonds is 4. The van der Waals surface area contributed by atoms with Gasteiger partial charge in [-0.1, -0.05) is 11.6 Å². The number of carbonyl (C=O) groups is 1. The quantitative estimate of drug-likeness (QED) is 0.837. The standard InChI is InChI=1S/C10H10ClF3N2O4S/c1-5(20-2)9(17)16-21(18,19)6-3-7(10(12,13)14)8(11)15-4-6/h3-5H,1-2H3,(H,16,17). The van der Waals surface area contributed by atoms with E-state index in [-0.39, 0.29) is 0 Å². The van der Waals surface area contributed by atoms with Gasteiger partial charge in [-0.05, 0) is 13.0 Å². The summed E-state index contributed by atoms with van der Waals surface area (Å²) < 4.78 is 67.7. The lowest BCUT2D eigenvalue weighted by molar-refractivity contribution is -0.137. The summed E-state index contributed by atoms with van der Waals surface area (Å²) >= 11 is 5.28. The normalized spacial score (nSPS) is 13.8. The predicted molar refractivity (Wildman–Crippen MR) is 66.0 cm³/mol.